The van der Waals surface area contributed by atoms with E-state index in [0.29, 0.717) is 18.8 Å². The van der Waals surface area contributed by atoms with Crippen molar-refractivity contribution in [2.75, 3.05) is 25.0 Å². The van der Waals surface area contributed by atoms with E-state index in [1.54, 1.807) is 31.0 Å². The van der Waals surface area contributed by atoms with E-state index in [-0.39, 0.29) is 11.8 Å². The largest absolute Gasteiger partial charge is 0.385 e. The van der Waals surface area contributed by atoms with E-state index in [1.165, 1.54) is 0 Å². The summed E-state index contributed by atoms with van der Waals surface area (Å²) in [6, 6.07) is 3.53. The molecule has 20 heavy (non-hydrogen) atoms. The molecule has 0 unspecified atom stereocenters. The Morgan fingerprint density at radius 2 is 2.30 bits per heavy atom. The maximum absolute atomic E-state index is 12.6. The van der Waals surface area contributed by atoms with Crippen molar-refractivity contribution >= 4 is 17.5 Å². The fourth-order valence-electron chi connectivity index (χ4n) is 2.25. The summed E-state index contributed by atoms with van der Waals surface area (Å²) in [5.41, 5.74) is 0.349. The van der Waals surface area contributed by atoms with Gasteiger partial charge in [0.15, 0.2) is 0 Å². The molecule has 0 aliphatic carbocycles. The van der Waals surface area contributed by atoms with Gasteiger partial charge in [-0.2, -0.15) is 0 Å². The SMILES string of the molecule is CCNc1ccnc(C(=O)N2CCNC(=O)C2(C)C)c1. The Morgan fingerprint density at radius 1 is 1.55 bits per heavy atom. The molecule has 108 valence electrons. The number of hydrogen-bond donors (Lipinski definition) is 2. The predicted octanol–water partition coefficient (Wildman–Crippen LogP) is 0.864. The highest BCUT2D eigenvalue weighted by atomic mass is 16.2. The normalized spacial score (nSPS) is 17.6. The van der Waals surface area contributed by atoms with Gasteiger partial charge in [0, 0.05) is 31.5 Å². The summed E-state index contributed by atoms with van der Waals surface area (Å²) in [5.74, 6) is -0.357. The van der Waals surface area contributed by atoms with Crippen molar-refractivity contribution in [2.24, 2.45) is 0 Å². The Morgan fingerprint density at radius 3 is 3.00 bits per heavy atom. The number of carbonyl (C=O) groups is 2. The molecule has 6 heteroatoms. The first-order valence-electron chi connectivity index (χ1n) is 6.77. The van der Waals surface area contributed by atoms with Crippen LogP contribution in [0.3, 0.4) is 0 Å². The molecule has 0 bridgehead atoms. The maximum atomic E-state index is 12.6. The van der Waals surface area contributed by atoms with Crippen LogP contribution in [0.1, 0.15) is 31.3 Å². The van der Waals surface area contributed by atoms with E-state index in [0.717, 1.165) is 12.2 Å². The molecule has 1 aliphatic heterocycles. The van der Waals surface area contributed by atoms with Crippen LogP contribution in [0.15, 0.2) is 18.3 Å². The van der Waals surface area contributed by atoms with Gasteiger partial charge in [0.2, 0.25) is 5.91 Å². The molecule has 1 aromatic rings. The number of piperazine rings is 1. The number of nitrogens with one attached hydrogen (secondary N) is 2. The maximum Gasteiger partial charge on any atom is 0.273 e. The highest BCUT2D eigenvalue weighted by molar-refractivity contribution is 5.98. The van der Waals surface area contributed by atoms with Crippen LogP contribution in [0.25, 0.3) is 0 Å². The van der Waals surface area contributed by atoms with Crippen molar-refractivity contribution in [1.29, 1.82) is 0 Å². The molecule has 0 radical (unpaired) electrons. The lowest BCUT2D eigenvalue weighted by Crippen LogP contribution is -2.63. The number of carbonyl (C=O) groups excluding carboxylic acids is 2. The molecular weight excluding hydrogens is 256 g/mol. The summed E-state index contributed by atoms with van der Waals surface area (Å²) in [5, 5.41) is 5.92. The van der Waals surface area contributed by atoms with E-state index in [1.807, 2.05) is 13.0 Å². The van der Waals surface area contributed by atoms with Crippen LogP contribution in [0.5, 0.6) is 0 Å². The molecule has 6 nitrogen and oxygen atoms in total. The van der Waals surface area contributed by atoms with Crippen LogP contribution in [-0.4, -0.2) is 46.9 Å². The second-order valence-electron chi connectivity index (χ2n) is 5.23. The zero-order chi connectivity index (χ0) is 14.8. The van der Waals surface area contributed by atoms with E-state index in [2.05, 4.69) is 15.6 Å². The Bertz CT molecular complexity index is 528. The lowest BCUT2D eigenvalue weighted by Gasteiger charge is -2.40. The van der Waals surface area contributed by atoms with E-state index in [4.69, 9.17) is 0 Å². The van der Waals surface area contributed by atoms with Crippen molar-refractivity contribution in [2.45, 2.75) is 26.3 Å². The van der Waals surface area contributed by atoms with Crippen molar-refractivity contribution in [1.82, 2.24) is 15.2 Å². The third-order valence-corrected chi connectivity index (χ3v) is 3.46. The zero-order valence-corrected chi connectivity index (χ0v) is 12.1. The van der Waals surface area contributed by atoms with Crippen LogP contribution in [0.4, 0.5) is 5.69 Å². The van der Waals surface area contributed by atoms with E-state index in [9.17, 15) is 9.59 Å². The van der Waals surface area contributed by atoms with Gasteiger partial charge in [-0.05, 0) is 32.9 Å². The molecule has 0 aromatic carbocycles. The van der Waals surface area contributed by atoms with Crippen molar-refractivity contribution in [3.63, 3.8) is 0 Å². The zero-order valence-electron chi connectivity index (χ0n) is 12.1. The van der Waals surface area contributed by atoms with Gasteiger partial charge in [-0.15, -0.1) is 0 Å². The Hall–Kier alpha value is -2.11. The molecule has 0 saturated carbocycles. The minimum atomic E-state index is -0.856. The van der Waals surface area contributed by atoms with Crippen molar-refractivity contribution in [3.05, 3.63) is 24.0 Å². The van der Waals surface area contributed by atoms with Gasteiger partial charge in [-0.1, -0.05) is 0 Å². The van der Waals surface area contributed by atoms with Crippen LogP contribution in [0.2, 0.25) is 0 Å². The molecular formula is C14H20N4O2. The Kier molecular flexibility index (Phi) is 3.92. The number of nitrogens with zero attached hydrogens (tertiary/aromatic N) is 2. The molecule has 2 rings (SSSR count). The molecule has 2 amide bonds. The fourth-order valence-corrected chi connectivity index (χ4v) is 2.25. The predicted molar refractivity (Wildman–Crippen MR) is 76.5 cm³/mol. The van der Waals surface area contributed by atoms with Crippen LogP contribution in [-0.2, 0) is 4.79 Å². The molecule has 0 atom stereocenters. The average molecular weight is 276 g/mol. The van der Waals surface area contributed by atoms with Gasteiger partial charge < -0.3 is 15.5 Å². The summed E-state index contributed by atoms with van der Waals surface area (Å²) in [6.45, 7) is 7.21. The topological polar surface area (TPSA) is 74.3 Å². The summed E-state index contributed by atoms with van der Waals surface area (Å²) >= 11 is 0. The second kappa shape index (κ2) is 5.48. The Balaban J connectivity index is 2.26. The third-order valence-electron chi connectivity index (χ3n) is 3.46. The van der Waals surface area contributed by atoms with Crippen LogP contribution in [0, 0.1) is 0 Å². The molecule has 1 fully saturated rings. The smallest absolute Gasteiger partial charge is 0.273 e. The summed E-state index contributed by atoms with van der Waals surface area (Å²) in [7, 11) is 0. The standard InChI is InChI=1S/C14H20N4O2/c1-4-15-10-5-6-16-11(9-10)12(19)18-8-7-17-13(20)14(18,2)3/h5-6,9H,4,7-8H2,1-3H3,(H,15,16)(H,17,20). The van der Waals surface area contributed by atoms with Gasteiger partial charge in [0.1, 0.15) is 11.2 Å². The van der Waals surface area contributed by atoms with E-state index < -0.39 is 5.54 Å². The quantitative estimate of drug-likeness (QED) is 0.859. The van der Waals surface area contributed by atoms with Gasteiger partial charge in [0.25, 0.3) is 5.91 Å². The second-order valence-corrected chi connectivity index (χ2v) is 5.23. The van der Waals surface area contributed by atoms with E-state index >= 15 is 0 Å². The lowest BCUT2D eigenvalue weighted by molar-refractivity contribution is -0.133. The average Bonchev–Trinajstić information content (AvgIpc) is 2.42. The first-order valence-corrected chi connectivity index (χ1v) is 6.77. The highest BCUT2D eigenvalue weighted by Gasteiger charge is 2.41. The van der Waals surface area contributed by atoms with Crippen LogP contribution < -0.4 is 10.6 Å². The first kappa shape index (κ1) is 14.3. The number of hydrogen-bond acceptors (Lipinski definition) is 4. The summed E-state index contributed by atoms with van der Waals surface area (Å²) in [4.78, 5) is 30.2. The van der Waals surface area contributed by atoms with Crippen LogP contribution >= 0.6 is 0 Å². The fraction of sp³-hybridized carbons (Fsp3) is 0.500. The van der Waals surface area contributed by atoms with Gasteiger partial charge in [-0.3, -0.25) is 14.6 Å². The minimum Gasteiger partial charge on any atom is -0.385 e. The van der Waals surface area contributed by atoms with Gasteiger partial charge in [0.05, 0.1) is 0 Å². The molecule has 2 N–H and O–H groups in total. The number of amides is 2. The molecule has 1 aromatic heterocycles. The van der Waals surface area contributed by atoms with Gasteiger partial charge >= 0.3 is 0 Å². The third kappa shape index (κ3) is 2.59. The summed E-state index contributed by atoms with van der Waals surface area (Å²) in [6.07, 6.45) is 1.60. The number of pyridine rings is 1. The van der Waals surface area contributed by atoms with Crippen molar-refractivity contribution in [3.8, 4) is 0 Å². The first-order chi connectivity index (χ1) is 9.46. The van der Waals surface area contributed by atoms with Gasteiger partial charge in [-0.25, -0.2) is 0 Å². The number of anilines is 1. The number of aromatic nitrogens is 1. The minimum absolute atomic E-state index is 0.139. The molecule has 1 aliphatic rings. The molecule has 2 heterocycles. The Labute approximate surface area is 118 Å². The van der Waals surface area contributed by atoms with Crippen molar-refractivity contribution < 1.29 is 9.59 Å². The molecule has 0 spiro atoms. The lowest BCUT2D eigenvalue weighted by atomic mass is 9.98. The molecule has 1 saturated heterocycles. The number of rotatable bonds is 3. The highest BCUT2D eigenvalue weighted by Crippen LogP contribution is 2.21. The summed E-state index contributed by atoms with van der Waals surface area (Å²) < 4.78 is 0. The monoisotopic (exact) mass is 276 g/mol.